The first-order chi connectivity index (χ1) is 10.8. The fourth-order valence-corrected chi connectivity index (χ4v) is 3.01. The van der Waals surface area contributed by atoms with E-state index in [0.717, 1.165) is 9.78 Å². The number of thiophene rings is 1. The maximum absolute atomic E-state index is 14.3. The number of hydrogen-bond donors (Lipinski definition) is 2. The topological polar surface area (TPSA) is 86.7 Å². The summed E-state index contributed by atoms with van der Waals surface area (Å²) in [7, 11) is 0. The number of carbonyl (C=O) groups excluding carboxylic acids is 2. The largest absolute Gasteiger partial charge is 0.481 e. The SMILES string of the molecule is CC(C)=C(CC(=O)O)N1C(=O)C(NC(=O)Cc2cccs2)C1F. The summed E-state index contributed by atoms with van der Waals surface area (Å²) in [6.45, 7) is 3.22. The Bertz CT molecular complexity index is 652. The van der Waals surface area contributed by atoms with Crippen molar-refractivity contribution < 1.29 is 23.9 Å². The molecule has 8 heteroatoms. The second-order valence-electron chi connectivity index (χ2n) is 5.40. The van der Waals surface area contributed by atoms with Gasteiger partial charge in [-0.2, -0.15) is 0 Å². The maximum atomic E-state index is 14.3. The van der Waals surface area contributed by atoms with E-state index in [9.17, 15) is 18.8 Å². The number of nitrogens with one attached hydrogen (secondary N) is 1. The lowest BCUT2D eigenvalue weighted by Crippen LogP contribution is -2.68. The van der Waals surface area contributed by atoms with Gasteiger partial charge in [0, 0.05) is 10.6 Å². The van der Waals surface area contributed by atoms with Crippen LogP contribution in [0.3, 0.4) is 0 Å². The predicted molar refractivity (Wildman–Crippen MR) is 82.3 cm³/mol. The van der Waals surface area contributed by atoms with Gasteiger partial charge in [-0.3, -0.25) is 19.3 Å². The van der Waals surface area contributed by atoms with Crippen LogP contribution in [0.15, 0.2) is 28.8 Å². The molecule has 124 valence electrons. The molecule has 2 atom stereocenters. The number of aliphatic carboxylic acids is 1. The van der Waals surface area contributed by atoms with Crippen molar-refractivity contribution in [3.8, 4) is 0 Å². The molecule has 0 radical (unpaired) electrons. The number of likely N-dealkylation sites (tertiary alicyclic amines) is 1. The second-order valence-corrected chi connectivity index (χ2v) is 6.43. The van der Waals surface area contributed by atoms with Gasteiger partial charge in [0.25, 0.3) is 5.91 Å². The van der Waals surface area contributed by atoms with Crippen molar-refractivity contribution in [1.82, 2.24) is 10.2 Å². The molecule has 2 N–H and O–H groups in total. The van der Waals surface area contributed by atoms with Crippen LogP contribution < -0.4 is 5.32 Å². The van der Waals surface area contributed by atoms with E-state index < -0.39 is 36.5 Å². The number of nitrogens with zero attached hydrogens (tertiary/aromatic N) is 1. The molecule has 0 saturated carbocycles. The van der Waals surface area contributed by atoms with Crippen LogP contribution in [0.25, 0.3) is 0 Å². The van der Waals surface area contributed by atoms with Crippen molar-refractivity contribution in [2.75, 3.05) is 0 Å². The number of carboxylic acid groups (broad SMARTS) is 1. The van der Waals surface area contributed by atoms with Gasteiger partial charge in [-0.15, -0.1) is 11.3 Å². The first kappa shape index (κ1) is 17.1. The summed E-state index contributed by atoms with van der Waals surface area (Å²) >= 11 is 1.40. The van der Waals surface area contributed by atoms with Crippen LogP contribution in [0.4, 0.5) is 4.39 Å². The Morgan fingerprint density at radius 3 is 2.61 bits per heavy atom. The number of rotatable bonds is 6. The highest BCUT2D eigenvalue weighted by molar-refractivity contribution is 7.10. The molecule has 1 aliphatic heterocycles. The van der Waals surface area contributed by atoms with Gasteiger partial charge in [0.1, 0.15) is 0 Å². The van der Waals surface area contributed by atoms with Crippen LogP contribution in [-0.4, -0.2) is 40.1 Å². The van der Waals surface area contributed by atoms with E-state index in [1.54, 1.807) is 26.0 Å². The Hall–Kier alpha value is -2.22. The Balaban J connectivity index is 2.00. The molecule has 0 bridgehead atoms. The molecule has 23 heavy (non-hydrogen) atoms. The zero-order valence-corrected chi connectivity index (χ0v) is 13.5. The molecule has 0 aliphatic carbocycles. The Morgan fingerprint density at radius 1 is 1.43 bits per heavy atom. The third kappa shape index (κ3) is 3.76. The zero-order valence-electron chi connectivity index (χ0n) is 12.7. The molecule has 0 spiro atoms. The van der Waals surface area contributed by atoms with Crippen LogP contribution in [0, 0.1) is 0 Å². The van der Waals surface area contributed by atoms with Gasteiger partial charge in [-0.05, 0) is 25.3 Å². The predicted octanol–water partition coefficient (Wildman–Crippen LogP) is 1.68. The van der Waals surface area contributed by atoms with Crippen molar-refractivity contribution in [1.29, 1.82) is 0 Å². The van der Waals surface area contributed by atoms with Gasteiger partial charge in [0.15, 0.2) is 6.04 Å². The fourth-order valence-electron chi connectivity index (χ4n) is 2.31. The summed E-state index contributed by atoms with van der Waals surface area (Å²) in [5, 5.41) is 13.1. The molecule has 1 fully saturated rings. The average Bonchev–Trinajstić information content (AvgIpc) is 2.96. The van der Waals surface area contributed by atoms with Crippen molar-refractivity contribution in [2.45, 2.75) is 39.0 Å². The molecule has 2 heterocycles. The molecule has 0 aromatic carbocycles. The molecule has 1 aliphatic rings. The smallest absolute Gasteiger partial charge is 0.309 e. The van der Waals surface area contributed by atoms with Crippen molar-refractivity contribution in [3.63, 3.8) is 0 Å². The normalized spacial score (nSPS) is 20.0. The highest BCUT2D eigenvalue weighted by Crippen LogP contribution is 2.30. The molecule has 2 rings (SSSR count). The monoisotopic (exact) mass is 340 g/mol. The number of amides is 2. The minimum atomic E-state index is -1.75. The summed E-state index contributed by atoms with van der Waals surface area (Å²) in [6, 6.07) is 2.32. The molecule has 2 amide bonds. The van der Waals surface area contributed by atoms with Crippen molar-refractivity contribution >= 4 is 29.1 Å². The van der Waals surface area contributed by atoms with Crippen LogP contribution in [0.5, 0.6) is 0 Å². The summed E-state index contributed by atoms with van der Waals surface area (Å²) in [4.78, 5) is 36.4. The number of β-lactam (4-membered cyclic amide) rings is 1. The Kier molecular flexibility index (Phi) is 5.15. The van der Waals surface area contributed by atoms with Crippen LogP contribution >= 0.6 is 11.3 Å². The average molecular weight is 340 g/mol. The summed E-state index contributed by atoms with van der Waals surface area (Å²) < 4.78 is 14.3. The van der Waals surface area contributed by atoms with Crippen molar-refractivity contribution in [3.05, 3.63) is 33.7 Å². The summed E-state index contributed by atoms with van der Waals surface area (Å²) in [6.07, 6.45) is -2.11. The molecule has 1 saturated heterocycles. The van der Waals surface area contributed by atoms with E-state index in [2.05, 4.69) is 5.32 Å². The van der Waals surface area contributed by atoms with E-state index in [-0.39, 0.29) is 12.1 Å². The first-order valence-corrected chi connectivity index (χ1v) is 7.86. The van der Waals surface area contributed by atoms with Crippen LogP contribution in [0.2, 0.25) is 0 Å². The standard InChI is InChI=1S/C15H17FN2O4S/c1-8(2)10(7-12(20)21)18-14(16)13(15(18)22)17-11(19)6-9-4-3-5-23-9/h3-5,13-14H,6-7H2,1-2H3,(H,17,19)(H,20,21). The molecule has 2 unspecified atom stereocenters. The van der Waals surface area contributed by atoms with Gasteiger partial charge in [-0.25, -0.2) is 4.39 Å². The number of carbonyl (C=O) groups is 3. The third-order valence-corrected chi connectivity index (χ3v) is 4.32. The number of alkyl halides is 1. The van der Waals surface area contributed by atoms with E-state index in [4.69, 9.17) is 5.11 Å². The molecule has 6 nitrogen and oxygen atoms in total. The lowest BCUT2D eigenvalue weighted by molar-refractivity contribution is -0.160. The zero-order chi connectivity index (χ0) is 17.1. The van der Waals surface area contributed by atoms with Gasteiger partial charge in [0.05, 0.1) is 12.8 Å². The van der Waals surface area contributed by atoms with E-state index >= 15 is 0 Å². The van der Waals surface area contributed by atoms with Crippen LogP contribution in [-0.2, 0) is 20.8 Å². The Labute approximate surface area is 136 Å². The quantitative estimate of drug-likeness (QED) is 0.609. The van der Waals surface area contributed by atoms with Crippen molar-refractivity contribution in [2.24, 2.45) is 0 Å². The second kappa shape index (κ2) is 6.91. The first-order valence-electron chi connectivity index (χ1n) is 6.98. The van der Waals surface area contributed by atoms with Crippen LogP contribution in [0.1, 0.15) is 25.1 Å². The fraction of sp³-hybridized carbons (Fsp3) is 0.400. The van der Waals surface area contributed by atoms with Gasteiger partial charge >= 0.3 is 5.97 Å². The highest BCUT2D eigenvalue weighted by atomic mass is 32.1. The van der Waals surface area contributed by atoms with E-state index in [1.807, 2.05) is 5.38 Å². The molecule has 1 aromatic heterocycles. The number of halogens is 1. The molecular formula is C15H17FN2O4S. The van der Waals surface area contributed by atoms with Gasteiger partial charge < -0.3 is 10.4 Å². The minimum absolute atomic E-state index is 0.0821. The number of allylic oxidation sites excluding steroid dienone is 1. The lowest BCUT2D eigenvalue weighted by atomic mass is 10.0. The summed E-state index contributed by atoms with van der Waals surface area (Å²) in [5.74, 6) is -2.22. The molecular weight excluding hydrogens is 323 g/mol. The lowest BCUT2D eigenvalue weighted by Gasteiger charge is -2.43. The van der Waals surface area contributed by atoms with Gasteiger partial charge in [0.2, 0.25) is 12.2 Å². The number of hydrogen-bond acceptors (Lipinski definition) is 4. The third-order valence-electron chi connectivity index (χ3n) is 3.44. The van der Waals surface area contributed by atoms with E-state index in [0.29, 0.717) is 5.57 Å². The number of carboxylic acids is 1. The molecule has 1 aromatic rings. The van der Waals surface area contributed by atoms with Gasteiger partial charge in [-0.1, -0.05) is 11.6 Å². The summed E-state index contributed by atoms with van der Waals surface area (Å²) in [5.41, 5.74) is 0.672. The maximum Gasteiger partial charge on any atom is 0.309 e. The van der Waals surface area contributed by atoms with E-state index in [1.165, 1.54) is 11.3 Å². The minimum Gasteiger partial charge on any atom is -0.481 e. The Morgan fingerprint density at radius 2 is 2.13 bits per heavy atom. The highest BCUT2D eigenvalue weighted by Gasteiger charge is 2.50.